The van der Waals surface area contributed by atoms with Gasteiger partial charge in [-0.1, -0.05) is 68.4 Å². The molecule has 1 unspecified atom stereocenters. The van der Waals surface area contributed by atoms with Gasteiger partial charge in [0.2, 0.25) is 0 Å². The van der Waals surface area contributed by atoms with Crippen molar-refractivity contribution in [3.63, 3.8) is 0 Å². The lowest BCUT2D eigenvalue weighted by molar-refractivity contribution is -0.136. The normalized spacial score (nSPS) is 13.5. The summed E-state index contributed by atoms with van der Waals surface area (Å²) in [4.78, 5) is 11.1. The third kappa shape index (κ3) is 6.91. The lowest BCUT2D eigenvalue weighted by Crippen LogP contribution is -2.38. The van der Waals surface area contributed by atoms with E-state index in [1.165, 1.54) is 12.1 Å². The Bertz CT molecular complexity index is 1190. The van der Waals surface area contributed by atoms with Crippen LogP contribution in [0.4, 0.5) is 10.1 Å². The van der Waals surface area contributed by atoms with Crippen molar-refractivity contribution in [3.8, 4) is 6.07 Å². The van der Waals surface area contributed by atoms with Gasteiger partial charge in [-0.05, 0) is 53.6 Å². The minimum absolute atomic E-state index is 0.000699. The number of nitriles is 1. The zero-order chi connectivity index (χ0) is 25.4. The molecule has 0 saturated carbocycles. The summed E-state index contributed by atoms with van der Waals surface area (Å²) in [5.41, 5.74) is 4.59. The van der Waals surface area contributed by atoms with Gasteiger partial charge in [-0.2, -0.15) is 5.26 Å². The summed E-state index contributed by atoms with van der Waals surface area (Å²) >= 11 is 0. The highest BCUT2D eigenvalue weighted by atomic mass is 19.1. The maximum atomic E-state index is 13.9. The first-order valence-corrected chi connectivity index (χ1v) is 11.9. The number of anilines is 1. The van der Waals surface area contributed by atoms with Gasteiger partial charge in [-0.3, -0.25) is 4.79 Å². The van der Waals surface area contributed by atoms with Crippen molar-refractivity contribution in [2.75, 3.05) is 11.9 Å². The standard InChI is InChI=1S/C29H32FN3O2/c1-4-26(33-28-19(2)13-25(30)16-24(28)17-31)29(22-10-6-5-7-11-22)32-18-20(3)23-12-8-9-21(14-23)15-27(34)35/h5-14,16,20,26,29,32-33H,4,15,18H2,1-3H3,(H,34,35)/t20?,26-,29-/m1/s1. The molecule has 0 fully saturated rings. The van der Waals surface area contributed by atoms with Crippen LogP contribution in [0.2, 0.25) is 0 Å². The number of carbonyl (C=O) groups is 1. The van der Waals surface area contributed by atoms with Crippen LogP contribution >= 0.6 is 0 Å². The van der Waals surface area contributed by atoms with Crippen LogP contribution in [0.3, 0.4) is 0 Å². The third-order valence-corrected chi connectivity index (χ3v) is 6.27. The zero-order valence-corrected chi connectivity index (χ0v) is 20.4. The molecule has 0 aliphatic heterocycles. The average molecular weight is 474 g/mol. The number of hydrogen-bond acceptors (Lipinski definition) is 4. The Hall–Kier alpha value is -3.69. The van der Waals surface area contributed by atoms with E-state index in [4.69, 9.17) is 5.11 Å². The topological polar surface area (TPSA) is 85.2 Å². The Morgan fingerprint density at radius 1 is 1.09 bits per heavy atom. The molecule has 0 heterocycles. The molecular weight excluding hydrogens is 441 g/mol. The number of hydrogen-bond donors (Lipinski definition) is 3. The fraction of sp³-hybridized carbons (Fsp3) is 0.310. The lowest BCUT2D eigenvalue weighted by atomic mass is 9.93. The number of benzene rings is 3. The van der Waals surface area contributed by atoms with E-state index in [9.17, 15) is 14.4 Å². The zero-order valence-electron chi connectivity index (χ0n) is 20.4. The predicted molar refractivity (Wildman–Crippen MR) is 137 cm³/mol. The van der Waals surface area contributed by atoms with E-state index >= 15 is 0 Å². The summed E-state index contributed by atoms with van der Waals surface area (Å²) in [7, 11) is 0. The largest absolute Gasteiger partial charge is 0.481 e. The molecule has 3 rings (SSSR count). The number of nitrogens with zero attached hydrogens (tertiary/aromatic N) is 1. The molecule has 3 atom stereocenters. The van der Waals surface area contributed by atoms with E-state index < -0.39 is 11.8 Å². The molecule has 0 radical (unpaired) electrons. The Balaban J connectivity index is 1.85. The van der Waals surface area contributed by atoms with Gasteiger partial charge in [0.25, 0.3) is 0 Å². The van der Waals surface area contributed by atoms with Crippen molar-refractivity contribution in [2.45, 2.75) is 51.6 Å². The summed E-state index contributed by atoms with van der Waals surface area (Å²) < 4.78 is 13.9. The third-order valence-electron chi connectivity index (χ3n) is 6.27. The molecule has 0 aliphatic rings. The second-order valence-corrected chi connectivity index (χ2v) is 8.93. The molecule has 5 nitrogen and oxygen atoms in total. The van der Waals surface area contributed by atoms with E-state index in [1.54, 1.807) is 6.92 Å². The van der Waals surface area contributed by atoms with Gasteiger partial charge < -0.3 is 15.7 Å². The Kier molecular flexibility index (Phi) is 8.99. The molecule has 0 saturated heterocycles. The van der Waals surface area contributed by atoms with E-state index in [1.807, 2.05) is 42.5 Å². The number of carboxylic acids is 1. The van der Waals surface area contributed by atoms with Gasteiger partial charge in [0, 0.05) is 12.6 Å². The quantitative estimate of drug-likeness (QED) is 0.320. The first kappa shape index (κ1) is 25.9. The minimum atomic E-state index is -0.846. The van der Waals surface area contributed by atoms with Crippen LogP contribution < -0.4 is 10.6 Å². The van der Waals surface area contributed by atoms with Crippen LogP contribution in [0, 0.1) is 24.1 Å². The number of aryl methyl sites for hydroxylation is 1. The fourth-order valence-electron chi connectivity index (χ4n) is 4.39. The summed E-state index contributed by atoms with van der Waals surface area (Å²) in [6.07, 6.45) is 0.775. The van der Waals surface area contributed by atoms with Crippen molar-refractivity contribution in [1.29, 1.82) is 5.26 Å². The molecule has 182 valence electrons. The maximum Gasteiger partial charge on any atom is 0.307 e. The van der Waals surface area contributed by atoms with Gasteiger partial charge in [0.15, 0.2) is 0 Å². The summed E-state index contributed by atoms with van der Waals surface area (Å²) in [5.74, 6) is -1.12. The van der Waals surface area contributed by atoms with Crippen molar-refractivity contribution >= 4 is 11.7 Å². The summed E-state index contributed by atoms with van der Waals surface area (Å²) in [5, 5.41) is 25.9. The molecule has 3 aromatic carbocycles. The SMILES string of the molecule is CC[C@@H](Nc1c(C)cc(F)cc1C#N)[C@H](NCC(C)c1cccc(CC(=O)O)c1)c1ccccc1. The maximum absolute atomic E-state index is 13.9. The van der Waals surface area contributed by atoms with Crippen molar-refractivity contribution in [1.82, 2.24) is 5.32 Å². The molecule has 3 N–H and O–H groups in total. The van der Waals surface area contributed by atoms with Gasteiger partial charge >= 0.3 is 5.97 Å². The van der Waals surface area contributed by atoms with E-state index in [0.29, 0.717) is 17.8 Å². The molecule has 3 aromatic rings. The second kappa shape index (κ2) is 12.1. The fourth-order valence-corrected chi connectivity index (χ4v) is 4.39. The molecule has 0 spiro atoms. The first-order valence-electron chi connectivity index (χ1n) is 11.9. The van der Waals surface area contributed by atoms with Crippen LogP contribution in [0.5, 0.6) is 0 Å². The minimum Gasteiger partial charge on any atom is -0.481 e. The van der Waals surface area contributed by atoms with Crippen molar-refractivity contribution in [3.05, 3.63) is 100 Å². The van der Waals surface area contributed by atoms with Crippen LogP contribution in [-0.4, -0.2) is 23.7 Å². The average Bonchev–Trinajstić information content (AvgIpc) is 2.84. The number of carboxylic acid groups (broad SMARTS) is 1. The number of rotatable bonds is 11. The highest BCUT2D eigenvalue weighted by molar-refractivity contribution is 5.70. The molecule has 35 heavy (non-hydrogen) atoms. The Morgan fingerprint density at radius 3 is 2.46 bits per heavy atom. The van der Waals surface area contributed by atoms with Gasteiger partial charge in [-0.25, -0.2) is 4.39 Å². The first-order chi connectivity index (χ1) is 16.8. The molecular formula is C29H32FN3O2. The Morgan fingerprint density at radius 2 is 1.80 bits per heavy atom. The van der Waals surface area contributed by atoms with Crippen LogP contribution in [0.1, 0.15) is 60.0 Å². The van der Waals surface area contributed by atoms with Crippen LogP contribution in [-0.2, 0) is 11.2 Å². The van der Waals surface area contributed by atoms with Crippen LogP contribution in [0.15, 0.2) is 66.7 Å². The molecule has 0 aromatic heterocycles. The molecule has 0 aliphatic carbocycles. The monoisotopic (exact) mass is 473 g/mol. The van der Waals surface area contributed by atoms with Gasteiger partial charge in [-0.15, -0.1) is 0 Å². The van der Waals surface area contributed by atoms with Gasteiger partial charge in [0.05, 0.1) is 23.7 Å². The van der Waals surface area contributed by atoms with E-state index in [-0.39, 0.29) is 30.0 Å². The number of nitrogens with one attached hydrogen (secondary N) is 2. The van der Waals surface area contributed by atoms with Gasteiger partial charge in [0.1, 0.15) is 11.9 Å². The number of halogens is 1. The van der Waals surface area contributed by atoms with Crippen molar-refractivity contribution < 1.29 is 14.3 Å². The van der Waals surface area contributed by atoms with Crippen molar-refractivity contribution in [2.24, 2.45) is 0 Å². The highest BCUT2D eigenvalue weighted by Crippen LogP contribution is 2.28. The molecule has 0 amide bonds. The molecule has 0 bridgehead atoms. The van der Waals surface area contributed by atoms with Crippen LogP contribution in [0.25, 0.3) is 0 Å². The smallest absolute Gasteiger partial charge is 0.307 e. The van der Waals surface area contributed by atoms with E-state index in [2.05, 4.69) is 42.7 Å². The Labute approximate surface area is 206 Å². The summed E-state index contributed by atoms with van der Waals surface area (Å²) in [6.45, 7) is 6.66. The molecule has 6 heteroatoms. The highest BCUT2D eigenvalue weighted by Gasteiger charge is 2.24. The summed E-state index contributed by atoms with van der Waals surface area (Å²) in [6, 6.07) is 22.5. The second-order valence-electron chi connectivity index (χ2n) is 8.93. The predicted octanol–water partition coefficient (Wildman–Crippen LogP) is 5.96. The lowest BCUT2D eigenvalue weighted by Gasteiger charge is -2.31. The van der Waals surface area contributed by atoms with E-state index in [0.717, 1.165) is 23.1 Å². The number of aliphatic carboxylic acids is 1.